The lowest BCUT2D eigenvalue weighted by molar-refractivity contribution is 0.669. The number of furan rings is 2. The van der Waals surface area contributed by atoms with Gasteiger partial charge in [0.2, 0.25) is 0 Å². The maximum absolute atomic E-state index is 7.17. The molecule has 0 aliphatic rings. The summed E-state index contributed by atoms with van der Waals surface area (Å²) in [7, 11) is 0. The van der Waals surface area contributed by atoms with E-state index in [1.807, 2.05) is 12.1 Å². The predicted molar refractivity (Wildman–Crippen MR) is 229 cm³/mol. The number of hydrogen-bond donors (Lipinski definition) is 0. The molecule has 0 aliphatic heterocycles. The van der Waals surface area contributed by atoms with E-state index < -0.39 is 0 Å². The normalized spacial score (nSPS) is 11.6. The van der Waals surface area contributed by atoms with Gasteiger partial charge in [0.05, 0.1) is 5.69 Å². The summed E-state index contributed by atoms with van der Waals surface area (Å²) >= 11 is 0. The Balaban J connectivity index is 1.17. The van der Waals surface area contributed by atoms with Gasteiger partial charge in [0, 0.05) is 38.5 Å². The fourth-order valence-corrected chi connectivity index (χ4v) is 8.22. The van der Waals surface area contributed by atoms with Gasteiger partial charge in [-0.05, 0) is 87.1 Å². The van der Waals surface area contributed by atoms with Crippen LogP contribution in [0.2, 0.25) is 0 Å². The van der Waals surface area contributed by atoms with Crippen LogP contribution in [0.5, 0.6) is 0 Å². The van der Waals surface area contributed by atoms with Crippen LogP contribution in [-0.2, 0) is 0 Å². The van der Waals surface area contributed by atoms with Crippen molar-refractivity contribution in [3.63, 3.8) is 0 Å². The first-order chi connectivity index (χ1) is 27.3. The summed E-state index contributed by atoms with van der Waals surface area (Å²) in [6.07, 6.45) is 0. The standard InChI is InChI=1S/C52H33NO2/c1-3-13-36(14-4-1)42-29-30-47(52-50(42)45-20-11-19-43(51(45)55-52)37-15-5-2-6-16-37)53(41-28-31-49-46(33-41)44-18-9-10-21-48(44)54-49)40-26-24-35(25-27-40)39-23-22-34-12-7-8-17-38(34)32-39/h1-33H. The summed E-state index contributed by atoms with van der Waals surface area (Å²) in [4.78, 5) is 2.33. The van der Waals surface area contributed by atoms with Gasteiger partial charge in [0.1, 0.15) is 16.7 Å². The minimum absolute atomic E-state index is 0.829. The smallest absolute Gasteiger partial charge is 0.160 e. The first kappa shape index (κ1) is 31.2. The van der Waals surface area contributed by atoms with Crippen LogP contribution in [0.1, 0.15) is 0 Å². The van der Waals surface area contributed by atoms with E-state index in [1.54, 1.807) is 0 Å². The molecule has 9 aromatic carbocycles. The molecule has 0 N–H and O–H groups in total. The van der Waals surface area contributed by atoms with Crippen LogP contribution >= 0.6 is 0 Å². The van der Waals surface area contributed by atoms with Gasteiger partial charge in [-0.3, -0.25) is 0 Å². The maximum atomic E-state index is 7.17. The second-order valence-electron chi connectivity index (χ2n) is 14.1. The predicted octanol–water partition coefficient (Wildman–Crippen LogP) is 15.1. The van der Waals surface area contributed by atoms with Crippen LogP contribution in [0.25, 0.3) is 88.0 Å². The molecule has 0 saturated heterocycles. The van der Waals surface area contributed by atoms with Gasteiger partial charge in [-0.2, -0.15) is 0 Å². The van der Waals surface area contributed by atoms with E-state index in [9.17, 15) is 0 Å². The van der Waals surface area contributed by atoms with E-state index in [0.717, 1.165) is 88.8 Å². The monoisotopic (exact) mass is 703 g/mol. The first-order valence-corrected chi connectivity index (χ1v) is 18.7. The second-order valence-corrected chi connectivity index (χ2v) is 14.1. The number of nitrogens with zero attached hydrogens (tertiary/aromatic N) is 1. The van der Waals surface area contributed by atoms with Crippen molar-refractivity contribution in [2.75, 3.05) is 4.90 Å². The third kappa shape index (κ3) is 5.20. The zero-order valence-corrected chi connectivity index (χ0v) is 29.8. The summed E-state index contributed by atoms with van der Waals surface area (Å²) < 4.78 is 13.5. The molecule has 11 aromatic rings. The van der Waals surface area contributed by atoms with Gasteiger partial charge in [-0.25, -0.2) is 0 Å². The van der Waals surface area contributed by atoms with E-state index in [-0.39, 0.29) is 0 Å². The van der Waals surface area contributed by atoms with Gasteiger partial charge >= 0.3 is 0 Å². The Kier molecular flexibility index (Phi) is 7.17. The number of para-hydroxylation sites is 2. The molecule has 0 unspecified atom stereocenters. The summed E-state index contributed by atoms with van der Waals surface area (Å²) in [6.45, 7) is 0. The molecule has 3 nitrogen and oxygen atoms in total. The number of hydrogen-bond acceptors (Lipinski definition) is 3. The second kappa shape index (κ2) is 12.6. The highest BCUT2D eigenvalue weighted by molar-refractivity contribution is 6.19. The number of benzene rings is 9. The van der Waals surface area contributed by atoms with Crippen molar-refractivity contribution in [3.8, 4) is 33.4 Å². The van der Waals surface area contributed by atoms with Crippen LogP contribution in [0.3, 0.4) is 0 Å². The number of anilines is 3. The summed E-state index contributed by atoms with van der Waals surface area (Å²) in [6, 6.07) is 70.9. The van der Waals surface area contributed by atoms with Crippen LogP contribution in [0.4, 0.5) is 17.1 Å². The average molecular weight is 704 g/mol. The van der Waals surface area contributed by atoms with Crippen LogP contribution < -0.4 is 4.90 Å². The Morgan fingerprint density at radius 2 is 0.982 bits per heavy atom. The average Bonchev–Trinajstić information content (AvgIpc) is 3.84. The lowest BCUT2D eigenvalue weighted by Crippen LogP contribution is -2.10. The van der Waals surface area contributed by atoms with Crippen molar-refractivity contribution >= 4 is 71.7 Å². The lowest BCUT2D eigenvalue weighted by Gasteiger charge is -2.26. The van der Waals surface area contributed by atoms with Crippen LogP contribution in [0, 0.1) is 0 Å². The highest BCUT2D eigenvalue weighted by Crippen LogP contribution is 2.48. The van der Waals surface area contributed by atoms with E-state index in [2.05, 4.69) is 193 Å². The molecule has 55 heavy (non-hydrogen) atoms. The largest absolute Gasteiger partial charge is 0.456 e. The Hall–Kier alpha value is -7.36. The zero-order valence-electron chi connectivity index (χ0n) is 29.8. The van der Waals surface area contributed by atoms with Crippen molar-refractivity contribution in [3.05, 3.63) is 200 Å². The number of fused-ring (bicyclic) bond motifs is 7. The summed E-state index contributed by atoms with van der Waals surface area (Å²) in [5, 5.41) is 6.79. The summed E-state index contributed by atoms with van der Waals surface area (Å²) in [5.74, 6) is 0. The molecule has 0 atom stereocenters. The topological polar surface area (TPSA) is 29.5 Å². The van der Waals surface area contributed by atoms with Gasteiger partial charge in [-0.1, -0.05) is 152 Å². The molecular weight excluding hydrogens is 671 g/mol. The van der Waals surface area contributed by atoms with Crippen molar-refractivity contribution in [2.45, 2.75) is 0 Å². The van der Waals surface area contributed by atoms with E-state index >= 15 is 0 Å². The van der Waals surface area contributed by atoms with Crippen LogP contribution in [0.15, 0.2) is 209 Å². The molecule has 0 fully saturated rings. The van der Waals surface area contributed by atoms with Crippen molar-refractivity contribution in [2.24, 2.45) is 0 Å². The molecule has 0 amide bonds. The Bertz CT molecular complexity index is 3190. The van der Waals surface area contributed by atoms with Crippen molar-refractivity contribution in [1.82, 2.24) is 0 Å². The number of rotatable bonds is 6. The molecule has 11 rings (SSSR count). The van der Waals surface area contributed by atoms with E-state index in [0.29, 0.717) is 0 Å². The SMILES string of the molecule is c1ccc(-c2cccc3c2oc2c(N(c4ccc(-c5ccc6ccccc6c5)cc4)c4ccc5oc6ccccc6c5c4)ccc(-c4ccccc4)c23)cc1. The third-order valence-electron chi connectivity index (χ3n) is 10.9. The van der Waals surface area contributed by atoms with Gasteiger partial charge in [0.15, 0.2) is 5.58 Å². The minimum Gasteiger partial charge on any atom is -0.456 e. The van der Waals surface area contributed by atoms with E-state index in [4.69, 9.17) is 8.83 Å². The fraction of sp³-hybridized carbons (Fsp3) is 0. The Labute approximate surface area is 317 Å². The quantitative estimate of drug-likeness (QED) is 0.173. The molecule has 0 saturated carbocycles. The maximum Gasteiger partial charge on any atom is 0.160 e. The minimum atomic E-state index is 0.829. The fourth-order valence-electron chi connectivity index (χ4n) is 8.22. The molecule has 0 bridgehead atoms. The lowest BCUT2D eigenvalue weighted by atomic mass is 9.96. The zero-order chi connectivity index (χ0) is 36.3. The Morgan fingerprint density at radius 3 is 1.80 bits per heavy atom. The molecule has 2 heterocycles. The molecule has 0 spiro atoms. The van der Waals surface area contributed by atoms with Crippen molar-refractivity contribution in [1.29, 1.82) is 0 Å². The molecular formula is C52H33NO2. The molecule has 0 aliphatic carbocycles. The Morgan fingerprint density at radius 1 is 0.327 bits per heavy atom. The van der Waals surface area contributed by atoms with Gasteiger partial charge in [0.25, 0.3) is 0 Å². The molecule has 3 heteroatoms. The molecule has 258 valence electrons. The highest BCUT2D eigenvalue weighted by atomic mass is 16.3. The third-order valence-corrected chi connectivity index (χ3v) is 10.9. The highest BCUT2D eigenvalue weighted by Gasteiger charge is 2.24. The van der Waals surface area contributed by atoms with Crippen LogP contribution in [-0.4, -0.2) is 0 Å². The first-order valence-electron chi connectivity index (χ1n) is 18.7. The van der Waals surface area contributed by atoms with Crippen molar-refractivity contribution < 1.29 is 8.83 Å². The molecule has 2 aromatic heterocycles. The molecule has 0 radical (unpaired) electrons. The van der Waals surface area contributed by atoms with Gasteiger partial charge < -0.3 is 13.7 Å². The van der Waals surface area contributed by atoms with Gasteiger partial charge in [-0.15, -0.1) is 0 Å². The van der Waals surface area contributed by atoms with E-state index in [1.165, 1.54) is 16.3 Å². The summed E-state index contributed by atoms with van der Waals surface area (Å²) in [5.41, 5.74) is 13.2.